The van der Waals surface area contributed by atoms with Gasteiger partial charge >= 0.3 is 0 Å². The molecule has 0 spiro atoms. The molecule has 0 aliphatic rings. The number of hydrogen-bond acceptors (Lipinski definition) is 3. The van der Waals surface area contributed by atoms with Crippen LogP contribution in [0.5, 0.6) is 0 Å². The summed E-state index contributed by atoms with van der Waals surface area (Å²) in [5.74, 6) is 1.60. The Kier molecular flexibility index (Phi) is 5.79. The van der Waals surface area contributed by atoms with Crippen molar-refractivity contribution in [2.45, 2.75) is 16.2 Å². The Morgan fingerprint density at radius 2 is 1.82 bits per heavy atom. The summed E-state index contributed by atoms with van der Waals surface area (Å²) in [5, 5.41) is 0. The Balaban J connectivity index is 2.75. The van der Waals surface area contributed by atoms with Gasteiger partial charge in [0.25, 0.3) is 0 Å². The van der Waals surface area contributed by atoms with Crippen LogP contribution in [0, 0.1) is 0 Å². The molecule has 1 aromatic carbocycles. The predicted molar refractivity (Wildman–Crippen MR) is 73.4 cm³/mol. The second kappa shape index (κ2) is 6.64. The van der Waals surface area contributed by atoms with Gasteiger partial charge in [-0.15, -0.1) is 23.4 Å². The molecule has 1 rings (SSSR count). The van der Waals surface area contributed by atoms with Gasteiger partial charge in [0.1, 0.15) is 0 Å². The smallest absolute Gasteiger partial charge is 0.207 e. The standard InChI is InChI=1S/C11H16ClNO2S2/c1-13(2)17(14,15)11-6-4-10(5-7-11)16-9-3-8-12/h4-7H,3,8-9H2,1-2H3. The lowest BCUT2D eigenvalue weighted by Crippen LogP contribution is -2.22. The molecule has 0 aliphatic carbocycles. The molecule has 0 aliphatic heterocycles. The van der Waals surface area contributed by atoms with E-state index < -0.39 is 10.0 Å². The monoisotopic (exact) mass is 293 g/mol. The van der Waals surface area contributed by atoms with Crippen LogP contribution in [0.2, 0.25) is 0 Å². The summed E-state index contributed by atoms with van der Waals surface area (Å²) in [6, 6.07) is 6.93. The van der Waals surface area contributed by atoms with Crippen LogP contribution in [-0.2, 0) is 10.0 Å². The number of benzene rings is 1. The molecule has 3 nitrogen and oxygen atoms in total. The maximum Gasteiger partial charge on any atom is 0.242 e. The van der Waals surface area contributed by atoms with Crippen molar-refractivity contribution in [3.63, 3.8) is 0 Å². The lowest BCUT2D eigenvalue weighted by atomic mass is 10.4. The van der Waals surface area contributed by atoms with E-state index in [1.54, 1.807) is 23.9 Å². The molecule has 0 fully saturated rings. The number of hydrogen-bond donors (Lipinski definition) is 0. The molecule has 0 amide bonds. The topological polar surface area (TPSA) is 37.4 Å². The zero-order valence-electron chi connectivity index (χ0n) is 9.89. The van der Waals surface area contributed by atoms with Crippen molar-refractivity contribution in [1.29, 1.82) is 0 Å². The highest BCUT2D eigenvalue weighted by molar-refractivity contribution is 7.99. The molecule has 0 bridgehead atoms. The summed E-state index contributed by atoms with van der Waals surface area (Å²) in [4.78, 5) is 1.39. The maximum absolute atomic E-state index is 11.8. The van der Waals surface area contributed by atoms with E-state index in [4.69, 9.17) is 11.6 Å². The van der Waals surface area contributed by atoms with Crippen LogP contribution in [0.1, 0.15) is 6.42 Å². The van der Waals surface area contributed by atoms with Gasteiger partial charge in [-0.3, -0.25) is 0 Å². The average molecular weight is 294 g/mol. The van der Waals surface area contributed by atoms with E-state index in [1.165, 1.54) is 18.4 Å². The fourth-order valence-corrected chi connectivity index (χ4v) is 3.21. The van der Waals surface area contributed by atoms with Crippen LogP contribution in [0.3, 0.4) is 0 Å². The summed E-state index contributed by atoms with van der Waals surface area (Å²) < 4.78 is 24.8. The molecule has 0 radical (unpaired) electrons. The third-order valence-corrected chi connectivity index (χ3v) is 5.34. The van der Waals surface area contributed by atoms with Gasteiger partial charge in [0.15, 0.2) is 0 Å². The van der Waals surface area contributed by atoms with Crippen LogP contribution in [0.4, 0.5) is 0 Å². The number of rotatable bonds is 6. The highest BCUT2D eigenvalue weighted by Gasteiger charge is 2.16. The third kappa shape index (κ3) is 4.17. The highest BCUT2D eigenvalue weighted by Crippen LogP contribution is 2.22. The van der Waals surface area contributed by atoms with Crippen LogP contribution in [0.15, 0.2) is 34.1 Å². The van der Waals surface area contributed by atoms with Gasteiger partial charge in [-0.1, -0.05) is 0 Å². The van der Waals surface area contributed by atoms with E-state index in [0.717, 1.165) is 17.1 Å². The minimum absolute atomic E-state index is 0.323. The van der Waals surface area contributed by atoms with E-state index in [-0.39, 0.29) is 0 Å². The van der Waals surface area contributed by atoms with Crippen LogP contribution in [-0.4, -0.2) is 38.5 Å². The summed E-state index contributed by atoms with van der Waals surface area (Å²) in [6.45, 7) is 0. The van der Waals surface area contributed by atoms with E-state index in [9.17, 15) is 8.42 Å². The molecule has 0 saturated carbocycles. The lowest BCUT2D eigenvalue weighted by Gasteiger charge is -2.11. The molecular formula is C11H16ClNO2S2. The molecule has 1 aromatic rings. The van der Waals surface area contributed by atoms with E-state index in [1.807, 2.05) is 12.1 Å². The Labute approximate surface area is 112 Å². The second-order valence-corrected chi connectivity index (χ2v) is 7.35. The summed E-state index contributed by atoms with van der Waals surface area (Å²) in [7, 11) is -0.263. The SMILES string of the molecule is CN(C)S(=O)(=O)c1ccc(SCCCCl)cc1. The van der Waals surface area contributed by atoms with Crippen LogP contribution < -0.4 is 0 Å². The summed E-state index contributed by atoms with van der Waals surface area (Å²) in [5.41, 5.74) is 0. The molecule has 0 unspecified atom stereocenters. The lowest BCUT2D eigenvalue weighted by molar-refractivity contribution is 0.520. The maximum atomic E-state index is 11.8. The van der Waals surface area contributed by atoms with Crippen molar-refractivity contribution >= 4 is 33.4 Å². The first-order chi connectivity index (χ1) is 7.98. The van der Waals surface area contributed by atoms with Crippen molar-refractivity contribution < 1.29 is 8.42 Å². The zero-order valence-corrected chi connectivity index (χ0v) is 12.3. The molecule has 0 aromatic heterocycles. The van der Waals surface area contributed by atoms with Gasteiger partial charge in [0.2, 0.25) is 10.0 Å². The molecule has 96 valence electrons. The first kappa shape index (κ1) is 14.8. The van der Waals surface area contributed by atoms with Crippen molar-refractivity contribution in [3.8, 4) is 0 Å². The highest BCUT2D eigenvalue weighted by atomic mass is 35.5. The summed E-state index contributed by atoms with van der Waals surface area (Å²) >= 11 is 7.27. The summed E-state index contributed by atoms with van der Waals surface area (Å²) in [6.07, 6.45) is 0.948. The molecular weight excluding hydrogens is 278 g/mol. The minimum Gasteiger partial charge on any atom is -0.207 e. The van der Waals surface area contributed by atoms with Gasteiger partial charge in [-0.05, 0) is 36.4 Å². The first-order valence-electron chi connectivity index (χ1n) is 5.20. The van der Waals surface area contributed by atoms with Crippen molar-refractivity contribution in [3.05, 3.63) is 24.3 Å². The normalized spacial score (nSPS) is 12.0. The Morgan fingerprint density at radius 3 is 2.29 bits per heavy atom. The van der Waals surface area contributed by atoms with E-state index in [0.29, 0.717) is 10.8 Å². The first-order valence-corrected chi connectivity index (χ1v) is 8.16. The number of halogens is 1. The Hall–Kier alpha value is -0.230. The largest absolute Gasteiger partial charge is 0.242 e. The number of thioether (sulfide) groups is 1. The van der Waals surface area contributed by atoms with E-state index >= 15 is 0 Å². The number of alkyl halides is 1. The van der Waals surface area contributed by atoms with E-state index in [2.05, 4.69) is 0 Å². The van der Waals surface area contributed by atoms with Gasteiger partial charge in [0, 0.05) is 24.9 Å². The molecule has 0 atom stereocenters. The molecule has 0 saturated heterocycles. The van der Waals surface area contributed by atoms with Gasteiger partial charge < -0.3 is 0 Å². The van der Waals surface area contributed by atoms with Crippen molar-refractivity contribution in [2.75, 3.05) is 25.7 Å². The Bertz CT molecular complexity index is 443. The van der Waals surface area contributed by atoms with Crippen molar-refractivity contribution in [2.24, 2.45) is 0 Å². The van der Waals surface area contributed by atoms with Gasteiger partial charge in [-0.2, -0.15) is 0 Å². The second-order valence-electron chi connectivity index (χ2n) is 3.65. The van der Waals surface area contributed by atoms with Crippen molar-refractivity contribution in [1.82, 2.24) is 4.31 Å². The quantitative estimate of drug-likeness (QED) is 0.460. The third-order valence-electron chi connectivity index (χ3n) is 2.15. The molecule has 0 N–H and O–H groups in total. The molecule has 0 heterocycles. The fourth-order valence-electron chi connectivity index (χ4n) is 1.16. The van der Waals surface area contributed by atoms with Gasteiger partial charge in [-0.25, -0.2) is 12.7 Å². The van der Waals surface area contributed by atoms with Crippen LogP contribution in [0.25, 0.3) is 0 Å². The molecule has 17 heavy (non-hydrogen) atoms. The Morgan fingerprint density at radius 1 is 1.24 bits per heavy atom. The minimum atomic E-state index is -3.32. The average Bonchev–Trinajstić information content (AvgIpc) is 2.30. The van der Waals surface area contributed by atoms with Gasteiger partial charge in [0.05, 0.1) is 4.90 Å². The molecule has 6 heteroatoms. The number of nitrogens with zero attached hydrogens (tertiary/aromatic N) is 1. The number of sulfonamides is 1. The fraction of sp³-hybridized carbons (Fsp3) is 0.455. The zero-order chi connectivity index (χ0) is 12.9. The van der Waals surface area contributed by atoms with Crippen LogP contribution >= 0.6 is 23.4 Å². The predicted octanol–water partition coefficient (Wildman–Crippen LogP) is 2.66.